The molecule has 0 N–H and O–H groups in total. The third-order valence-corrected chi connectivity index (χ3v) is 4.32. The molecule has 0 spiro atoms. The van der Waals surface area contributed by atoms with Gasteiger partial charge in [-0.05, 0) is 30.1 Å². The lowest BCUT2D eigenvalue weighted by molar-refractivity contribution is 0.712. The molecule has 2 nitrogen and oxygen atoms in total. The van der Waals surface area contributed by atoms with Gasteiger partial charge in [-0.3, -0.25) is 0 Å². The van der Waals surface area contributed by atoms with Crippen molar-refractivity contribution in [2.24, 2.45) is 0 Å². The Balaban J connectivity index is 2.04. The molecule has 1 heterocycles. The molecule has 5 heteroatoms. The first-order chi connectivity index (χ1) is 7.36. The highest BCUT2D eigenvalue weighted by Crippen LogP contribution is 2.21. The van der Waals surface area contributed by atoms with Crippen molar-refractivity contribution < 1.29 is 0 Å². The van der Waals surface area contributed by atoms with E-state index in [-0.39, 0.29) is 0 Å². The average Bonchev–Trinajstić information content (AvgIpc) is 2.71. The fraction of sp³-hybridized carbons (Fsp3) is 0.800. The summed E-state index contributed by atoms with van der Waals surface area (Å²) >= 11 is 7.57. The number of aryl methyl sites for hydroxylation is 1. The Bertz CT molecular complexity index is 263. The van der Waals surface area contributed by atoms with E-state index in [4.69, 9.17) is 0 Å². The Morgan fingerprint density at radius 2 is 2.07 bits per heavy atom. The molecule has 0 fully saturated rings. The Hall–Kier alpha value is 0.260. The van der Waals surface area contributed by atoms with Crippen LogP contribution >= 0.6 is 35.9 Å². The van der Waals surface area contributed by atoms with Crippen LogP contribution in [-0.2, 0) is 6.42 Å². The molecule has 0 unspecified atom stereocenters. The molecule has 0 saturated heterocycles. The summed E-state index contributed by atoms with van der Waals surface area (Å²) in [7, 11) is 0. The SMILES string of the molecule is CCc1nsc(SCCCCCCS)n1. The van der Waals surface area contributed by atoms with E-state index in [2.05, 4.69) is 28.9 Å². The van der Waals surface area contributed by atoms with Crippen LogP contribution in [0.1, 0.15) is 38.4 Å². The fourth-order valence-electron chi connectivity index (χ4n) is 1.17. The molecular formula is C10H18N2S3. The zero-order valence-corrected chi connectivity index (χ0v) is 11.6. The van der Waals surface area contributed by atoms with Crippen LogP contribution in [0.25, 0.3) is 0 Å². The van der Waals surface area contributed by atoms with Gasteiger partial charge >= 0.3 is 0 Å². The highest BCUT2D eigenvalue weighted by Gasteiger charge is 2.01. The number of rotatable bonds is 8. The number of unbranched alkanes of at least 4 members (excludes halogenated alkanes) is 3. The van der Waals surface area contributed by atoms with Crippen molar-refractivity contribution in [2.45, 2.75) is 43.4 Å². The molecule has 15 heavy (non-hydrogen) atoms. The van der Waals surface area contributed by atoms with Crippen LogP contribution in [0.2, 0.25) is 0 Å². The smallest absolute Gasteiger partial charge is 0.170 e. The Kier molecular flexibility index (Phi) is 7.48. The van der Waals surface area contributed by atoms with Crippen molar-refractivity contribution in [3.8, 4) is 0 Å². The molecule has 1 rings (SSSR count). The number of hydrogen-bond donors (Lipinski definition) is 1. The predicted octanol–water partition coefficient (Wildman–Crippen LogP) is 3.68. The van der Waals surface area contributed by atoms with Gasteiger partial charge in [0.15, 0.2) is 4.34 Å². The maximum Gasteiger partial charge on any atom is 0.170 e. The van der Waals surface area contributed by atoms with Crippen LogP contribution in [0.5, 0.6) is 0 Å². The van der Waals surface area contributed by atoms with Crippen LogP contribution in [0.3, 0.4) is 0 Å². The Labute approximate surface area is 106 Å². The summed E-state index contributed by atoms with van der Waals surface area (Å²) in [6.45, 7) is 2.09. The van der Waals surface area contributed by atoms with Gasteiger partial charge in [0.05, 0.1) is 0 Å². The summed E-state index contributed by atoms with van der Waals surface area (Å²) in [6, 6.07) is 0. The molecule has 0 aliphatic carbocycles. The summed E-state index contributed by atoms with van der Waals surface area (Å²) in [4.78, 5) is 4.42. The highest BCUT2D eigenvalue weighted by atomic mass is 32.2. The third kappa shape index (κ3) is 5.78. The topological polar surface area (TPSA) is 25.8 Å². The van der Waals surface area contributed by atoms with E-state index < -0.39 is 0 Å². The average molecular weight is 262 g/mol. The van der Waals surface area contributed by atoms with Gasteiger partial charge in [0, 0.05) is 12.2 Å². The Morgan fingerprint density at radius 3 is 2.73 bits per heavy atom. The van der Waals surface area contributed by atoms with E-state index in [0.29, 0.717) is 0 Å². The van der Waals surface area contributed by atoms with Crippen molar-refractivity contribution in [3.63, 3.8) is 0 Å². The van der Waals surface area contributed by atoms with Crippen molar-refractivity contribution in [1.82, 2.24) is 9.36 Å². The number of nitrogens with zero attached hydrogens (tertiary/aromatic N) is 2. The second kappa shape index (κ2) is 8.42. The van der Waals surface area contributed by atoms with Crippen LogP contribution in [-0.4, -0.2) is 20.9 Å². The Morgan fingerprint density at radius 1 is 1.27 bits per heavy atom. The molecule has 0 aliphatic rings. The van der Waals surface area contributed by atoms with Crippen molar-refractivity contribution in [3.05, 3.63) is 5.82 Å². The molecule has 0 saturated carbocycles. The molecule has 0 aliphatic heterocycles. The zero-order chi connectivity index (χ0) is 10.9. The van der Waals surface area contributed by atoms with Crippen molar-refractivity contribution in [1.29, 1.82) is 0 Å². The first kappa shape index (κ1) is 13.3. The standard InChI is InChI=1S/C10H18N2S3/c1-2-9-11-10(15-12-9)14-8-6-4-3-5-7-13/h13H,2-8H2,1H3. The predicted molar refractivity (Wildman–Crippen MR) is 72.3 cm³/mol. The number of thiol groups is 1. The summed E-state index contributed by atoms with van der Waals surface area (Å²) < 4.78 is 5.39. The maximum absolute atomic E-state index is 4.42. The summed E-state index contributed by atoms with van der Waals surface area (Å²) in [5.41, 5.74) is 0. The second-order valence-electron chi connectivity index (χ2n) is 3.32. The zero-order valence-electron chi connectivity index (χ0n) is 9.11. The van der Waals surface area contributed by atoms with E-state index in [1.165, 1.54) is 43.0 Å². The molecule has 0 aromatic carbocycles. The van der Waals surface area contributed by atoms with Crippen molar-refractivity contribution in [2.75, 3.05) is 11.5 Å². The molecule has 1 aromatic heterocycles. The summed E-state index contributed by atoms with van der Waals surface area (Å²) in [5.74, 6) is 3.17. The van der Waals surface area contributed by atoms with Crippen molar-refractivity contribution >= 4 is 35.9 Å². The van der Waals surface area contributed by atoms with E-state index in [0.717, 1.165) is 22.3 Å². The van der Waals surface area contributed by atoms with E-state index in [1.807, 2.05) is 11.8 Å². The number of hydrogen-bond acceptors (Lipinski definition) is 5. The minimum absolute atomic E-state index is 0.943. The van der Waals surface area contributed by atoms with Gasteiger partial charge in [0.25, 0.3) is 0 Å². The van der Waals surface area contributed by atoms with Gasteiger partial charge in [0.1, 0.15) is 5.82 Å². The fourth-order valence-corrected chi connectivity index (χ4v) is 3.16. The first-order valence-electron chi connectivity index (χ1n) is 5.43. The van der Waals surface area contributed by atoms with Gasteiger partial charge < -0.3 is 0 Å². The minimum atomic E-state index is 0.943. The maximum atomic E-state index is 4.42. The quantitative estimate of drug-likeness (QED) is 0.439. The van der Waals surface area contributed by atoms with E-state index in [1.54, 1.807) is 0 Å². The minimum Gasteiger partial charge on any atom is -0.213 e. The van der Waals surface area contributed by atoms with Crippen LogP contribution < -0.4 is 0 Å². The lowest BCUT2D eigenvalue weighted by Gasteiger charge is -1.97. The van der Waals surface area contributed by atoms with Gasteiger partial charge in [0.2, 0.25) is 0 Å². The molecule has 0 amide bonds. The van der Waals surface area contributed by atoms with Gasteiger partial charge in [-0.1, -0.05) is 31.5 Å². The van der Waals surface area contributed by atoms with E-state index >= 15 is 0 Å². The third-order valence-electron chi connectivity index (χ3n) is 2.04. The number of aromatic nitrogens is 2. The van der Waals surface area contributed by atoms with Gasteiger partial charge in [-0.15, -0.1) is 0 Å². The molecule has 1 aromatic rings. The summed E-state index contributed by atoms with van der Waals surface area (Å²) in [5, 5.41) is 0. The van der Waals surface area contributed by atoms with Crippen LogP contribution in [0.15, 0.2) is 4.34 Å². The van der Waals surface area contributed by atoms with E-state index in [9.17, 15) is 0 Å². The normalized spacial score (nSPS) is 10.8. The largest absolute Gasteiger partial charge is 0.213 e. The highest BCUT2D eigenvalue weighted by molar-refractivity contribution is 8.00. The van der Waals surface area contributed by atoms with Crippen LogP contribution in [0, 0.1) is 0 Å². The molecule has 0 bridgehead atoms. The first-order valence-corrected chi connectivity index (χ1v) is 7.82. The molecule has 0 atom stereocenters. The lowest BCUT2D eigenvalue weighted by atomic mass is 10.2. The van der Waals surface area contributed by atoms with Gasteiger partial charge in [-0.2, -0.15) is 17.0 Å². The lowest BCUT2D eigenvalue weighted by Crippen LogP contribution is -1.84. The monoisotopic (exact) mass is 262 g/mol. The second-order valence-corrected chi connectivity index (χ2v) is 5.86. The molecule has 0 radical (unpaired) electrons. The number of thioether (sulfide) groups is 1. The molecular weight excluding hydrogens is 244 g/mol. The summed E-state index contributed by atoms with van der Waals surface area (Å²) in [6.07, 6.45) is 6.08. The molecule has 86 valence electrons. The van der Waals surface area contributed by atoms with Gasteiger partial charge in [-0.25, -0.2) is 4.98 Å². The van der Waals surface area contributed by atoms with Crippen LogP contribution in [0.4, 0.5) is 0 Å².